The standard InChI is InChI=1S/C68H129NO8/c1-6-8-10-12-14-16-18-20-22-24-25-26-27-28-29-30-31-32-33-34-35-36-37-38-39-40-41-43-44-46-48-50-52-54-56-58-65(70)75-62-64(63-76-68(67(72)73)74-61-60-69(3,4)5)77-66(71)59-57-55-53-51-49-47-45-42-23-21-19-17-15-13-11-9-7-2/h15,17,21,23,64,68H,6-14,16,18-20,22,24-63H2,1-5H3/p+1/b17-15-,23-21-. The van der Waals surface area contributed by atoms with Gasteiger partial charge in [0.15, 0.2) is 6.10 Å². The van der Waals surface area contributed by atoms with Gasteiger partial charge in [0.05, 0.1) is 34.4 Å². The number of carboxylic acid groups (broad SMARTS) is 1. The van der Waals surface area contributed by atoms with Crippen LogP contribution < -0.4 is 0 Å². The van der Waals surface area contributed by atoms with Gasteiger partial charge in [0.1, 0.15) is 13.2 Å². The molecule has 0 aliphatic rings. The van der Waals surface area contributed by atoms with E-state index in [4.69, 9.17) is 18.9 Å². The van der Waals surface area contributed by atoms with Gasteiger partial charge < -0.3 is 28.5 Å². The summed E-state index contributed by atoms with van der Waals surface area (Å²) in [6.07, 6.45) is 70.2. The van der Waals surface area contributed by atoms with Crippen molar-refractivity contribution in [2.75, 3.05) is 47.5 Å². The largest absolute Gasteiger partial charge is 0.477 e. The lowest BCUT2D eigenvalue weighted by Crippen LogP contribution is -2.40. The number of aliphatic carboxylic acids is 1. The molecule has 2 unspecified atom stereocenters. The molecule has 9 heteroatoms. The number of carboxylic acids is 1. The fourth-order valence-corrected chi connectivity index (χ4v) is 10.0. The lowest BCUT2D eigenvalue weighted by Gasteiger charge is -2.25. The number of ether oxygens (including phenoxy) is 4. The van der Waals surface area contributed by atoms with Crippen molar-refractivity contribution in [2.45, 2.75) is 347 Å². The van der Waals surface area contributed by atoms with Gasteiger partial charge in [0, 0.05) is 12.8 Å². The minimum Gasteiger partial charge on any atom is -0.477 e. The van der Waals surface area contributed by atoms with E-state index >= 15 is 0 Å². The average molecular weight is 1090 g/mol. The van der Waals surface area contributed by atoms with Gasteiger partial charge in [-0.2, -0.15) is 0 Å². The smallest absolute Gasteiger partial charge is 0.361 e. The van der Waals surface area contributed by atoms with Gasteiger partial charge in [-0.15, -0.1) is 0 Å². The minimum atomic E-state index is -1.51. The normalized spacial score (nSPS) is 12.8. The Morgan fingerprint density at radius 2 is 0.701 bits per heavy atom. The zero-order chi connectivity index (χ0) is 56.2. The van der Waals surface area contributed by atoms with Crippen LogP contribution in [0.25, 0.3) is 0 Å². The van der Waals surface area contributed by atoms with Crippen LogP contribution in [0.15, 0.2) is 24.3 Å². The lowest BCUT2D eigenvalue weighted by atomic mass is 10.0. The molecule has 0 heterocycles. The first-order chi connectivity index (χ1) is 37.6. The molecule has 0 rings (SSSR count). The van der Waals surface area contributed by atoms with Gasteiger partial charge in [-0.05, 0) is 44.9 Å². The topological polar surface area (TPSA) is 108 Å². The SMILES string of the molecule is CCCCC/C=C\C/C=C\CCCCCCCCCC(=O)OC(COC(=O)CCCCCCCCCCCCCCCCCCCCCCCCCCCCCCCCCCCCC)COC(OCC[N+](C)(C)C)C(=O)O. The maximum absolute atomic E-state index is 12.9. The van der Waals surface area contributed by atoms with Crippen LogP contribution in [0.5, 0.6) is 0 Å². The second-order valence-corrected chi connectivity index (χ2v) is 24.1. The maximum atomic E-state index is 12.9. The number of nitrogens with zero attached hydrogens (tertiary/aromatic N) is 1. The lowest BCUT2D eigenvalue weighted by molar-refractivity contribution is -0.870. The number of likely N-dealkylation sites (N-methyl/N-ethyl adjacent to an activating group) is 1. The van der Waals surface area contributed by atoms with Gasteiger partial charge in [-0.3, -0.25) is 9.59 Å². The highest BCUT2D eigenvalue weighted by Gasteiger charge is 2.25. The number of carbonyl (C=O) groups is 3. The first-order valence-electron chi connectivity index (χ1n) is 33.5. The van der Waals surface area contributed by atoms with E-state index in [0.717, 1.165) is 51.4 Å². The van der Waals surface area contributed by atoms with E-state index in [1.807, 2.05) is 21.1 Å². The number of allylic oxidation sites excluding steroid dienone is 4. The van der Waals surface area contributed by atoms with Crippen LogP contribution in [-0.2, 0) is 33.3 Å². The molecule has 0 spiro atoms. The fourth-order valence-electron chi connectivity index (χ4n) is 10.0. The van der Waals surface area contributed by atoms with Crippen molar-refractivity contribution in [1.29, 1.82) is 0 Å². The van der Waals surface area contributed by atoms with Crippen LogP contribution in [0.1, 0.15) is 335 Å². The molecule has 0 amide bonds. The molecule has 0 radical (unpaired) electrons. The van der Waals surface area contributed by atoms with Crippen LogP contribution >= 0.6 is 0 Å². The fraction of sp³-hybridized carbons (Fsp3) is 0.897. The molecule has 0 aliphatic heterocycles. The summed E-state index contributed by atoms with van der Waals surface area (Å²) in [7, 11) is 5.98. The summed E-state index contributed by atoms with van der Waals surface area (Å²) in [6.45, 7) is 4.90. The quantitative estimate of drug-likeness (QED) is 0.0211. The molecule has 0 saturated heterocycles. The summed E-state index contributed by atoms with van der Waals surface area (Å²) in [5.74, 6) is -1.99. The zero-order valence-corrected chi connectivity index (χ0v) is 51.9. The summed E-state index contributed by atoms with van der Waals surface area (Å²) >= 11 is 0. The maximum Gasteiger partial charge on any atom is 0.361 e. The van der Waals surface area contributed by atoms with Crippen LogP contribution in [0.3, 0.4) is 0 Å². The third-order valence-corrected chi connectivity index (χ3v) is 15.2. The summed E-state index contributed by atoms with van der Waals surface area (Å²) in [5.41, 5.74) is 0. The second-order valence-electron chi connectivity index (χ2n) is 24.1. The first-order valence-corrected chi connectivity index (χ1v) is 33.5. The summed E-state index contributed by atoms with van der Waals surface area (Å²) in [6, 6.07) is 0. The van der Waals surface area contributed by atoms with E-state index in [9.17, 15) is 19.5 Å². The molecule has 454 valence electrons. The van der Waals surface area contributed by atoms with Gasteiger partial charge >= 0.3 is 17.9 Å². The summed E-state index contributed by atoms with van der Waals surface area (Å²) in [5, 5.41) is 9.71. The number of carbonyl (C=O) groups excluding carboxylic acids is 2. The van der Waals surface area contributed by atoms with Crippen LogP contribution in [0, 0.1) is 0 Å². The monoisotopic (exact) mass is 1090 g/mol. The van der Waals surface area contributed by atoms with Crippen molar-refractivity contribution in [3.63, 3.8) is 0 Å². The highest BCUT2D eigenvalue weighted by Crippen LogP contribution is 2.19. The Labute approximate surface area is 478 Å². The van der Waals surface area contributed by atoms with Gasteiger partial charge in [-0.1, -0.05) is 301 Å². The van der Waals surface area contributed by atoms with E-state index in [-0.39, 0.29) is 32.2 Å². The number of esters is 2. The molecular formula is C68H130NO8+. The van der Waals surface area contributed by atoms with Crippen molar-refractivity contribution >= 4 is 17.9 Å². The minimum absolute atomic E-state index is 0.180. The average Bonchev–Trinajstić information content (AvgIpc) is 3.40. The molecule has 0 bridgehead atoms. The van der Waals surface area contributed by atoms with Gasteiger partial charge in [0.25, 0.3) is 6.29 Å². The van der Waals surface area contributed by atoms with E-state index < -0.39 is 24.3 Å². The Kier molecular flexibility index (Phi) is 58.1. The third kappa shape index (κ3) is 61.2. The van der Waals surface area contributed by atoms with Crippen LogP contribution in [0.2, 0.25) is 0 Å². The van der Waals surface area contributed by atoms with E-state index in [2.05, 4.69) is 38.2 Å². The number of rotatable bonds is 63. The molecule has 0 aliphatic carbocycles. The number of unbranched alkanes of at least 4 members (excludes halogenated alkanes) is 44. The molecule has 0 aromatic carbocycles. The number of quaternary nitrogens is 1. The van der Waals surface area contributed by atoms with Crippen LogP contribution in [0.4, 0.5) is 0 Å². The molecule has 9 nitrogen and oxygen atoms in total. The molecular weight excluding hydrogens is 959 g/mol. The predicted octanol–water partition coefficient (Wildman–Crippen LogP) is 20.2. The predicted molar refractivity (Wildman–Crippen MR) is 328 cm³/mol. The Balaban J connectivity index is 3.98. The van der Waals surface area contributed by atoms with Crippen molar-refractivity contribution in [3.8, 4) is 0 Å². The Hall–Kier alpha value is -2.23. The van der Waals surface area contributed by atoms with Crippen molar-refractivity contribution in [3.05, 3.63) is 24.3 Å². The highest BCUT2D eigenvalue weighted by atomic mass is 16.7. The Morgan fingerprint density at radius 3 is 1.05 bits per heavy atom. The van der Waals surface area contributed by atoms with E-state index in [0.29, 0.717) is 23.9 Å². The second kappa shape index (κ2) is 59.9. The first kappa shape index (κ1) is 74.8. The van der Waals surface area contributed by atoms with Gasteiger partial charge in [0.2, 0.25) is 0 Å². The van der Waals surface area contributed by atoms with Crippen LogP contribution in [-0.4, -0.2) is 87.4 Å². The highest BCUT2D eigenvalue weighted by molar-refractivity contribution is 5.71. The molecule has 1 N–H and O–H groups in total. The third-order valence-electron chi connectivity index (χ3n) is 15.2. The van der Waals surface area contributed by atoms with Gasteiger partial charge in [-0.25, -0.2) is 4.79 Å². The Bertz CT molecular complexity index is 1310. The Morgan fingerprint density at radius 1 is 0.390 bits per heavy atom. The van der Waals surface area contributed by atoms with E-state index in [1.54, 1.807) is 0 Å². The number of hydrogen-bond donors (Lipinski definition) is 1. The molecule has 77 heavy (non-hydrogen) atoms. The van der Waals surface area contributed by atoms with Crippen molar-refractivity contribution in [2.24, 2.45) is 0 Å². The summed E-state index contributed by atoms with van der Waals surface area (Å²) in [4.78, 5) is 37.5. The molecule has 0 fully saturated rings. The van der Waals surface area contributed by atoms with Crippen molar-refractivity contribution < 1.29 is 42.9 Å². The number of hydrogen-bond acceptors (Lipinski definition) is 7. The molecule has 0 saturated carbocycles. The van der Waals surface area contributed by atoms with Crippen molar-refractivity contribution in [1.82, 2.24) is 0 Å². The zero-order valence-electron chi connectivity index (χ0n) is 51.9. The molecule has 2 atom stereocenters. The molecule has 0 aromatic heterocycles. The molecule has 0 aromatic rings. The summed E-state index contributed by atoms with van der Waals surface area (Å²) < 4.78 is 22.9. The van der Waals surface area contributed by atoms with E-state index in [1.165, 1.54) is 250 Å².